The zero-order chi connectivity index (χ0) is 14.1. The van der Waals surface area contributed by atoms with Gasteiger partial charge in [-0.2, -0.15) is 0 Å². The lowest BCUT2D eigenvalue weighted by atomic mass is 9.84. The Hall–Kier alpha value is -0.770. The van der Waals surface area contributed by atoms with E-state index in [9.17, 15) is 0 Å². The van der Waals surface area contributed by atoms with Gasteiger partial charge in [0.1, 0.15) is 0 Å². The van der Waals surface area contributed by atoms with Crippen LogP contribution in [0.4, 0.5) is 5.69 Å². The van der Waals surface area contributed by atoms with Crippen molar-refractivity contribution in [3.8, 4) is 0 Å². The van der Waals surface area contributed by atoms with Crippen LogP contribution < -0.4 is 5.73 Å². The van der Waals surface area contributed by atoms with Crippen LogP contribution in [-0.2, 0) is 6.54 Å². The molecule has 4 heteroatoms. The normalized spacial score (nSPS) is 28.3. The molecule has 3 nitrogen and oxygen atoms in total. The van der Waals surface area contributed by atoms with Crippen LogP contribution in [0.5, 0.6) is 0 Å². The summed E-state index contributed by atoms with van der Waals surface area (Å²) in [6.45, 7) is 4.67. The van der Waals surface area contributed by atoms with Gasteiger partial charge < -0.3 is 10.6 Å². The molecule has 0 saturated carbocycles. The smallest absolute Gasteiger partial charge is 0.0638 e. The first-order chi connectivity index (χ1) is 9.63. The average molecular weight is 294 g/mol. The van der Waals surface area contributed by atoms with Crippen LogP contribution in [-0.4, -0.2) is 42.5 Å². The summed E-state index contributed by atoms with van der Waals surface area (Å²) in [4.78, 5) is 5.13. The summed E-state index contributed by atoms with van der Waals surface area (Å²) in [5, 5.41) is 0.676. The van der Waals surface area contributed by atoms with Crippen molar-refractivity contribution < 1.29 is 0 Å². The summed E-state index contributed by atoms with van der Waals surface area (Å²) in [7, 11) is 2.28. The van der Waals surface area contributed by atoms with Gasteiger partial charge in [-0.05, 0) is 63.0 Å². The Bertz CT molecular complexity index is 477. The second-order valence-corrected chi connectivity index (χ2v) is 6.74. The van der Waals surface area contributed by atoms with Gasteiger partial charge in [0.15, 0.2) is 0 Å². The van der Waals surface area contributed by atoms with E-state index >= 15 is 0 Å². The third-order valence-electron chi connectivity index (χ3n) is 4.90. The molecule has 3 rings (SSSR count). The van der Waals surface area contributed by atoms with Crippen molar-refractivity contribution in [1.82, 2.24) is 9.80 Å². The van der Waals surface area contributed by atoms with Gasteiger partial charge in [-0.1, -0.05) is 17.7 Å². The molecule has 0 spiro atoms. The Kier molecular flexibility index (Phi) is 4.20. The third-order valence-corrected chi connectivity index (χ3v) is 5.23. The SMILES string of the molecule is CN1CCCC2CN(Cc3ccc(N)c(Cl)c3)CCC21. The van der Waals surface area contributed by atoms with E-state index in [-0.39, 0.29) is 0 Å². The first-order valence-corrected chi connectivity index (χ1v) is 7.98. The molecule has 0 aliphatic carbocycles. The minimum absolute atomic E-state index is 0.669. The lowest BCUT2D eigenvalue weighted by Crippen LogP contribution is -2.52. The van der Waals surface area contributed by atoms with E-state index in [0.717, 1.165) is 18.5 Å². The molecule has 0 amide bonds. The lowest BCUT2D eigenvalue weighted by molar-refractivity contribution is 0.0355. The van der Waals surface area contributed by atoms with Gasteiger partial charge in [-0.25, -0.2) is 0 Å². The van der Waals surface area contributed by atoms with Crippen LogP contribution in [0, 0.1) is 5.92 Å². The van der Waals surface area contributed by atoms with E-state index in [1.54, 1.807) is 0 Å². The zero-order valence-electron chi connectivity index (χ0n) is 12.2. The van der Waals surface area contributed by atoms with Gasteiger partial charge >= 0.3 is 0 Å². The van der Waals surface area contributed by atoms with Crippen LogP contribution in [0.1, 0.15) is 24.8 Å². The number of piperidine rings is 2. The van der Waals surface area contributed by atoms with Crippen LogP contribution in [0.25, 0.3) is 0 Å². The van der Waals surface area contributed by atoms with Gasteiger partial charge in [0, 0.05) is 19.1 Å². The van der Waals surface area contributed by atoms with E-state index < -0.39 is 0 Å². The highest BCUT2D eigenvalue weighted by molar-refractivity contribution is 6.33. The second-order valence-electron chi connectivity index (χ2n) is 6.33. The van der Waals surface area contributed by atoms with Gasteiger partial charge in [-0.3, -0.25) is 4.90 Å². The fourth-order valence-electron chi connectivity index (χ4n) is 3.80. The number of fused-ring (bicyclic) bond motifs is 1. The van der Waals surface area contributed by atoms with E-state index in [2.05, 4.69) is 22.9 Å². The molecule has 1 aromatic carbocycles. The number of nitrogens with zero attached hydrogens (tertiary/aromatic N) is 2. The Balaban J connectivity index is 1.63. The average Bonchev–Trinajstić information content (AvgIpc) is 2.43. The van der Waals surface area contributed by atoms with Crippen LogP contribution in [0.15, 0.2) is 18.2 Å². The number of benzene rings is 1. The van der Waals surface area contributed by atoms with Crippen molar-refractivity contribution in [1.29, 1.82) is 0 Å². The molecular formula is C16H24ClN3. The summed E-state index contributed by atoms with van der Waals surface area (Å²) in [6.07, 6.45) is 4.02. The van der Waals surface area contributed by atoms with Gasteiger partial charge in [0.2, 0.25) is 0 Å². The Labute approximate surface area is 126 Å². The number of nitrogen functional groups attached to an aromatic ring is 1. The predicted octanol–water partition coefficient (Wildman–Crippen LogP) is 2.84. The molecule has 0 radical (unpaired) electrons. The highest BCUT2D eigenvalue weighted by Gasteiger charge is 2.33. The third kappa shape index (κ3) is 2.95. The van der Waals surface area contributed by atoms with Crippen molar-refractivity contribution >= 4 is 17.3 Å². The number of rotatable bonds is 2. The van der Waals surface area contributed by atoms with Gasteiger partial charge in [0.05, 0.1) is 10.7 Å². The molecule has 2 N–H and O–H groups in total. The van der Waals surface area contributed by atoms with Crippen LogP contribution >= 0.6 is 11.6 Å². The fraction of sp³-hybridized carbons (Fsp3) is 0.625. The van der Waals surface area contributed by atoms with Crippen molar-refractivity contribution in [2.45, 2.75) is 31.8 Å². The first-order valence-electron chi connectivity index (χ1n) is 7.60. The van der Waals surface area contributed by atoms with E-state index in [1.165, 1.54) is 44.5 Å². The Morgan fingerprint density at radius 1 is 1.30 bits per heavy atom. The van der Waals surface area contributed by atoms with Crippen molar-refractivity contribution in [2.75, 3.05) is 32.4 Å². The van der Waals surface area contributed by atoms with Crippen molar-refractivity contribution in [3.05, 3.63) is 28.8 Å². The molecule has 2 unspecified atom stereocenters. The van der Waals surface area contributed by atoms with E-state index in [4.69, 9.17) is 17.3 Å². The van der Waals surface area contributed by atoms with Gasteiger partial charge in [-0.15, -0.1) is 0 Å². The minimum atomic E-state index is 0.669. The summed E-state index contributed by atoms with van der Waals surface area (Å²) in [5.74, 6) is 0.840. The molecule has 2 saturated heterocycles. The molecule has 110 valence electrons. The minimum Gasteiger partial charge on any atom is -0.398 e. The summed E-state index contributed by atoms with van der Waals surface area (Å²) in [5.41, 5.74) is 7.71. The number of anilines is 1. The molecule has 0 bridgehead atoms. The molecule has 20 heavy (non-hydrogen) atoms. The molecule has 2 aliphatic heterocycles. The number of nitrogens with two attached hydrogens (primary N) is 1. The van der Waals surface area contributed by atoms with E-state index in [0.29, 0.717) is 10.7 Å². The molecule has 2 atom stereocenters. The molecule has 2 aliphatic rings. The number of likely N-dealkylation sites (tertiary alicyclic amines) is 2. The Morgan fingerprint density at radius 3 is 2.95 bits per heavy atom. The maximum absolute atomic E-state index is 6.11. The molecule has 2 heterocycles. The number of hydrogen-bond donors (Lipinski definition) is 1. The quantitative estimate of drug-likeness (QED) is 0.851. The largest absolute Gasteiger partial charge is 0.398 e. The lowest BCUT2D eigenvalue weighted by Gasteiger charge is -2.46. The van der Waals surface area contributed by atoms with E-state index in [1.807, 2.05) is 12.1 Å². The zero-order valence-corrected chi connectivity index (χ0v) is 12.9. The van der Waals surface area contributed by atoms with Crippen molar-refractivity contribution in [2.24, 2.45) is 5.92 Å². The van der Waals surface area contributed by atoms with Crippen LogP contribution in [0.2, 0.25) is 5.02 Å². The highest BCUT2D eigenvalue weighted by atomic mass is 35.5. The van der Waals surface area contributed by atoms with Gasteiger partial charge in [0.25, 0.3) is 0 Å². The molecule has 2 fully saturated rings. The summed E-state index contributed by atoms with van der Waals surface area (Å²) in [6, 6.07) is 6.82. The maximum atomic E-state index is 6.11. The summed E-state index contributed by atoms with van der Waals surface area (Å²) >= 11 is 6.11. The topological polar surface area (TPSA) is 32.5 Å². The van der Waals surface area contributed by atoms with Crippen molar-refractivity contribution in [3.63, 3.8) is 0 Å². The Morgan fingerprint density at radius 2 is 2.15 bits per heavy atom. The maximum Gasteiger partial charge on any atom is 0.0638 e. The molecule has 1 aromatic rings. The standard InChI is InChI=1S/C16H24ClN3/c1-19-7-2-3-13-11-20(8-6-16(13)19)10-12-4-5-15(18)14(17)9-12/h4-5,9,13,16H,2-3,6-8,10-11,18H2,1H3. The number of hydrogen-bond acceptors (Lipinski definition) is 3. The fourth-order valence-corrected chi connectivity index (χ4v) is 4.00. The first kappa shape index (κ1) is 14.2. The molecular weight excluding hydrogens is 270 g/mol. The summed E-state index contributed by atoms with van der Waals surface area (Å²) < 4.78 is 0. The van der Waals surface area contributed by atoms with Crippen LogP contribution in [0.3, 0.4) is 0 Å². The monoisotopic (exact) mass is 293 g/mol. The molecule has 0 aromatic heterocycles. The number of halogens is 1. The predicted molar refractivity (Wildman–Crippen MR) is 84.9 cm³/mol. The highest BCUT2D eigenvalue weighted by Crippen LogP contribution is 2.30. The second kappa shape index (κ2) is 5.92.